The zero-order valence-corrected chi connectivity index (χ0v) is 9.04. The molecule has 1 aliphatic heterocycles. The molecule has 1 aliphatic rings. The van der Waals surface area contributed by atoms with Crippen molar-refractivity contribution in [3.63, 3.8) is 0 Å². The predicted molar refractivity (Wildman–Crippen MR) is 53.8 cm³/mol. The summed E-state index contributed by atoms with van der Waals surface area (Å²) in [5.41, 5.74) is 0. The van der Waals surface area contributed by atoms with Crippen LogP contribution in [0.3, 0.4) is 0 Å². The number of imide groups is 1. The van der Waals surface area contributed by atoms with Crippen LogP contribution < -0.4 is 5.32 Å². The summed E-state index contributed by atoms with van der Waals surface area (Å²) in [4.78, 5) is 24.5. The molecular weight excluding hydrogens is 180 g/mol. The summed E-state index contributed by atoms with van der Waals surface area (Å²) >= 11 is 0. The summed E-state index contributed by atoms with van der Waals surface area (Å²) in [7, 11) is 0. The van der Waals surface area contributed by atoms with Crippen LogP contribution in [0.1, 0.15) is 33.6 Å². The highest BCUT2D eigenvalue weighted by atomic mass is 16.2. The number of carbonyl (C=O) groups is 2. The van der Waals surface area contributed by atoms with Crippen LogP contribution in [0.5, 0.6) is 0 Å². The van der Waals surface area contributed by atoms with E-state index in [4.69, 9.17) is 0 Å². The van der Waals surface area contributed by atoms with Crippen LogP contribution in [0.4, 0.5) is 4.79 Å². The molecule has 80 valence electrons. The molecule has 1 heterocycles. The molecule has 1 saturated heterocycles. The van der Waals surface area contributed by atoms with Gasteiger partial charge in [0.15, 0.2) is 0 Å². The van der Waals surface area contributed by atoms with Gasteiger partial charge in [0, 0.05) is 19.0 Å². The highest BCUT2D eigenvalue weighted by Gasteiger charge is 2.29. The third-order valence-electron chi connectivity index (χ3n) is 2.59. The highest BCUT2D eigenvalue weighted by molar-refractivity contribution is 5.95. The minimum atomic E-state index is -0.249. The van der Waals surface area contributed by atoms with Crippen LogP contribution in [-0.4, -0.2) is 29.4 Å². The molecule has 1 fully saturated rings. The zero-order valence-electron chi connectivity index (χ0n) is 9.04. The van der Waals surface area contributed by atoms with E-state index in [-0.39, 0.29) is 23.9 Å². The first kappa shape index (κ1) is 11.0. The fraction of sp³-hybridized carbons (Fsp3) is 0.800. The Balaban J connectivity index is 2.76. The molecule has 4 nitrogen and oxygen atoms in total. The molecular formula is C10H18N2O2. The second-order valence-electron chi connectivity index (χ2n) is 4.02. The zero-order chi connectivity index (χ0) is 10.7. The number of nitrogens with one attached hydrogen (secondary N) is 1. The third-order valence-corrected chi connectivity index (χ3v) is 2.59. The van der Waals surface area contributed by atoms with Crippen LogP contribution in [-0.2, 0) is 4.79 Å². The van der Waals surface area contributed by atoms with Crippen molar-refractivity contribution in [1.82, 2.24) is 10.2 Å². The summed E-state index contributed by atoms with van der Waals surface area (Å²) in [5.74, 6) is 0.233. The van der Waals surface area contributed by atoms with Gasteiger partial charge in [0.25, 0.3) is 0 Å². The average molecular weight is 198 g/mol. The van der Waals surface area contributed by atoms with E-state index in [1.807, 2.05) is 20.8 Å². The molecule has 0 saturated carbocycles. The number of carbonyl (C=O) groups excluding carboxylic acids is 2. The van der Waals surface area contributed by atoms with Gasteiger partial charge in [0.05, 0.1) is 0 Å². The lowest BCUT2D eigenvalue weighted by Crippen LogP contribution is -2.45. The van der Waals surface area contributed by atoms with Gasteiger partial charge in [-0.25, -0.2) is 4.79 Å². The van der Waals surface area contributed by atoms with E-state index in [1.54, 1.807) is 0 Å². The lowest BCUT2D eigenvalue weighted by atomic mass is 10.0. The molecule has 1 atom stereocenters. The summed E-state index contributed by atoms with van der Waals surface area (Å²) in [6.07, 6.45) is 1.41. The Morgan fingerprint density at radius 2 is 2.14 bits per heavy atom. The number of hydrogen-bond donors (Lipinski definition) is 1. The van der Waals surface area contributed by atoms with Crippen molar-refractivity contribution < 1.29 is 9.59 Å². The number of rotatable bonds is 2. The quantitative estimate of drug-likeness (QED) is 0.728. The van der Waals surface area contributed by atoms with Crippen molar-refractivity contribution in [1.29, 1.82) is 0 Å². The summed E-state index contributed by atoms with van der Waals surface area (Å²) in [5, 5.41) is 2.77. The first-order chi connectivity index (χ1) is 6.56. The lowest BCUT2D eigenvalue weighted by Gasteiger charge is -2.22. The Morgan fingerprint density at radius 1 is 1.50 bits per heavy atom. The minimum Gasteiger partial charge on any atom is -0.337 e. The van der Waals surface area contributed by atoms with E-state index in [0.717, 1.165) is 6.42 Å². The van der Waals surface area contributed by atoms with Crippen molar-refractivity contribution in [3.8, 4) is 0 Å². The van der Waals surface area contributed by atoms with Gasteiger partial charge < -0.3 is 5.32 Å². The molecule has 1 rings (SSSR count). The predicted octanol–water partition coefficient (Wildman–Crippen LogP) is 1.36. The van der Waals surface area contributed by atoms with E-state index in [2.05, 4.69) is 5.32 Å². The topological polar surface area (TPSA) is 49.4 Å². The Bertz CT molecular complexity index is 238. The maximum atomic E-state index is 11.7. The van der Waals surface area contributed by atoms with Crippen LogP contribution in [0, 0.1) is 5.92 Å². The van der Waals surface area contributed by atoms with Crippen molar-refractivity contribution in [2.45, 2.75) is 39.7 Å². The van der Waals surface area contributed by atoms with E-state index in [1.165, 1.54) is 4.90 Å². The SMILES string of the molecule is CCC1CNC(=O)N(C(C)C)C(=O)C1. The van der Waals surface area contributed by atoms with Gasteiger partial charge in [0.1, 0.15) is 0 Å². The minimum absolute atomic E-state index is 0.0538. The van der Waals surface area contributed by atoms with Crippen molar-refractivity contribution in [2.75, 3.05) is 6.54 Å². The number of hydrogen-bond acceptors (Lipinski definition) is 2. The van der Waals surface area contributed by atoms with Gasteiger partial charge in [-0.2, -0.15) is 0 Å². The van der Waals surface area contributed by atoms with Crippen molar-refractivity contribution in [2.24, 2.45) is 5.92 Å². The molecule has 0 radical (unpaired) electrons. The highest BCUT2D eigenvalue weighted by Crippen LogP contribution is 2.15. The van der Waals surface area contributed by atoms with Gasteiger partial charge in [-0.05, 0) is 19.8 Å². The molecule has 0 bridgehead atoms. The van der Waals surface area contributed by atoms with E-state index in [0.29, 0.717) is 13.0 Å². The molecule has 1 N–H and O–H groups in total. The Kier molecular flexibility index (Phi) is 3.49. The van der Waals surface area contributed by atoms with Crippen molar-refractivity contribution >= 4 is 11.9 Å². The maximum Gasteiger partial charge on any atom is 0.324 e. The summed E-state index contributed by atoms with van der Waals surface area (Å²) < 4.78 is 0. The molecule has 14 heavy (non-hydrogen) atoms. The Hall–Kier alpha value is -1.06. The van der Waals surface area contributed by atoms with E-state index >= 15 is 0 Å². The van der Waals surface area contributed by atoms with Crippen LogP contribution in [0.15, 0.2) is 0 Å². The van der Waals surface area contributed by atoms with Gasteiger partial charge in [-0.1, -0.05) is 13.3 Å². The fourth-order valence-electron chi connectivity index (χ4n) is 1.66. The third kappa shape index (κ3) is 2.25. The fourth-order valence-corrected chi connectivity index (χ4v) is 1.66. The van der Waals surface area contributed by atoms with Crippen molar-refractivity contribution in [3.05, 3.63) is 0 Å². The molecule has 0 aliphatic carbocycles. The van der Waals surface area contributed by atoms with E-state index < -0.39 is 0 Å². The normalized spacial score (nSPS) is 23.7. The first-order valence-electron chi connectivity index (χ1n) is 5.16. The smallest absolute Gasteiger partial charge is 0.324 e. The largest absolute Gasteiger partial charge is 0.337 e. The molecule has 0 aromatic carbocycles. The Labute approximate surface area is 84.7 Å². The van der Waals surface area contributed by atoms with E-state index in [9.17, 15) is 9.59 Å². The van der Waals surface area contributed by atoms with Gasteiger partial charge in [-0.15, -0.1) is 0 Å². The number of amides is 3. The number of nitrogens with zero attached hydrogens (tertiary/aromatic N) is 1. The second kappa shape index (κ2) is 4.44. The average Bonchev–Trinajstić information content (AvgIpc) is 2.24. The lowest BCUT2D eigenvalue weighted by molar-refractivity contribution is -0.129. The second-order valence-corrected chi connectivity index (χ2v) is 4.02. The molecule has 0 aromatic heterocycles. The molecule has 4 heteroatoms. The monoisotopic (exact) mass is 198 g/mol. The summed E-state index contributed by atoms with van der Waals surface area (Å²) in [6.45, 7) is 6.35. The molecule has 0 aromatic rings. The molecule has 0 spiro atoms. The van der Waals surface area contributed by atoms with Gasteiger partial charge in [0.2, 0.25) is 5.91 Å². The molecule has 3 amide bonds. The maximum absolute atomic E-state index is 11.7. The summed E-state index contributed by atoms with van der Waals surface area (Å²) in [6, 6.07) is -0.306. The van der Waals surface area contributed by atoms with Crippen LogP contribution >= 0.6 is 0 Å². The van der Waals surface area contributed by atoms with Gasteiger partial charge in [-0.3, -0.25) is 9.69 Å². The standard InChI is InChI=1S/C10H18N2O2/c1-4-8-5-9(13)12(7(2)3)10(14)11-6-8/h7-8H,4-6H2,1-3H3,(H,11,14). The van der Waals surface area contributed by atoms with Crippen LogP contribution in [0.2, 0.25) is 0 Å². The molecule has 1 unspecified atom stereocenters. The Morgan fingerprint density at radius 3 is 2.64 bits per heavy atom. The van der Waals surface area contributed by atoms with Gasteiger partial charge >= 0.3 is 6.03 Å². The number of urea groups is 1. The first-order valence-corrected chi connectivity index (χ1v) is 5.16. The van der Waals surface area contributed by atoms with Crippen LogP contribution in [0.25, 0.3) is 0 Å².